The molecule has 0 spiro atoms. The monoisotopic (exact) mass is 490 g/mol. The standard InChI is InChI=1S/C28H37N6P/c1-31(2)27(32(3)4)29-22-14-12-18-25(20-22)35(24-16-10-9-11-17-24)26-19-13-15-23(21-26)30-28(33(5)6)34(7)8/h9-21H,1-8H3/p+2. The number of anilines is 2. The van der Waals surface area contributed by atoms with Crippen LogP contribution in [0.15, 0.2) is 78.9 Å². The molecule has 3 aromatic carbocycles. The molecular weight excluding hydrogens is 451 g/mol. The molecule has 0 aliphatic heterocycles. The zero-order valence-electron chi connectivity index (χ0n) is 22.2. The fourth-order valence-electron chi connectivity index (χ4n) is 3.98. The van der Waals surface area contributed by atoms with Gasteiger partial charge in [-0.3, -0.25) is 19.0 Å². The number of guanidine groups is 2. The lowest BCUT2D eigenvalue weighted by molar-refractivity contribution is -0.469. The number of hydrogen-bond donors (Lipinski definition) is 2. The maximum Gasteiger partial charge on any atom is 0.352 e. The van der Waals surface area contributed by atoms with Gasteiger partial charge in [0.05, 0.1) is 67.8 Å². The minimum atomic E-state index is -0.743. The maximum absolute atomic E-state index is 3.59. The van der Waals surface area contributed by atoms with E-state index in [0.717, 1.165) is 23.3 Å². The van der Waals surface area contributed by atoms with Crippen LogP contribution in [-0.4, -0.2) is 87.3 Å². The van der Waals surface area contributed by atoms with Crippen LogP contribution >= 0.6 is 7.92 Å². The smallest absolute Gasteiger partial charge is 0.270 e. The normalized spacial score (nSPS) is 10.5. The molecule has 3 aromatic rings. The Morgan fingerprint density at radius 3 is 1.34 bits per heavy atom. The van der Waals surface area contributed by atoms with Crippen molar-refractivity contribution < 1.29 is 9.15 Å². The van der Waals surface area contributed by atoms with E-state index in [4.69, 9.17) is 0 Å². The third kappa shape index (κ3) is 6.83. The molecule has 0 saturated heterocycles. The van der Waals surface area contributed by atoms with Crippen LogP contribution in [0.3, 0.4) is 0 Å². The van der Waals surface area contributed by atoms with Crippen LogP contribution in [0.1, 0.15) is 0 Å². The van der Waals surface area contributed by atoms with Gasteiger partial charge in [0.1, 0.15) is 0 Å². The minimum absolute atomic E-state index is 0.743. The van der Waals surface area contributed by atoms with E-state index in [-0.39, 0.29) is 0 Å². The predicted molar refractivity (Wildman–Crippen MR) is 154 cm³/mol. The van der Waals surface area contributed by atoms with Gasteiger partial charge in [-0.1, -0.05) is 54.6 Å². The molecule has 0 aliphatic rings. The molecule has 7 heteroatoms. The van der Waals surface area contributed by atoms with Gasteiger partial charge in [0.15, 0.2) is 0 Å². The first-order valence-electron chi connectivity index (χ1n) is 11.7. The highest BCUT2D eigenvalue weighted by molar-refractivity contribution is 7.79. The van der Waals surface area contributed by atoms with Gasteiger partial charge in [-0.2, -0.15) is 0 Å². The number of hydrogen-bond acceptors (Lipinski definition) is 0. The summed E-state index contributed by atoms with van der Waals surface area (Å²) >= 11 is 0. The highest BCUT2D eigenvalue weighted by atomic mass is 31.1. The summed E-state index contributed by atoms with van der Waals surface area (Å²) < 4.78 is 4.18. The second-order valence-electron chi connectivity index (χ2n) is 9.25. The van der Waals surface area contributed by atoms with Gasteiger partial charge < -0.3 is 0 Å². The maximum atomic E-state index is 3.59. The quantitative estimate of drug-likeness (QED) is 0.250. The van der Waals surface area contributed by atoms with Gasteiger partial charge in [-0.25, -0.2) is 10.6 Å². The van der Waals surface area contributed by atoms with Crippen molar-refractivity contribution in [1.82, 2.24) is 9.80 Å². The molecule has 0 aromatic heterocycles. The molecule has 0 fully saturated rings. The van der Waals surface area contributed by atoms with Crippen molar-refractivity contribution in [3.05, 3.63) is 78.9 Å². The van der Waals surface area contributed by atoms with Gasteiger partial charge in [0.2, 0.25) is 0 Å². The van der Waals surface area contributed by atoms with E-state index < -0.39 is 7.92 Å². The van der Waals surface area contributed by atoms with Crippen LogP contribution in [0.2, 0.25) is 0 Å². The van der Waals surface area contributed by atoms with Crippen LogP contribution in [0.4, 0.5) is 11.4 Å². The zero-order valence-corrected chi connectivity index (χ0v) is 23.1. The van der Waals surface area contributed by atoms with Crippen LogP contribution in [0.5, 0.6) is 0 Å². The molecule has 184 valence electrons. The summed E-state index contributed by atoms with van der Waals surface area (Å²) in [5.74, 6) is 2.07. The molecule has 3 rings (SSSR count). The molecule has 0 radical (unpaired) electrons. The minimum Gasteiger partial charge on any atom is -0.270 e. The first-order valence-corrected chi connectivity index (χ1v) is 13.0. The SMILES string of the molecule is CN(C)C(Nc1cccc(P(c2ccccc2)c2cccc(NC(N(C)C)=[N+](C)C)c2)c1)=[N+](C)C. The van der Waals surface area contributed by atoms with Gasteiger partial charge in [0.25, 0.3) is 0 Å². The summed E-state index contributed by atoms with van der Waals surface area (Å²) in [6.07, 6.45) is 0. The number of nitrogens with zero attached hydrogens (tertiary/aromatic N) is 4. The summed E-state index contributed by atoms with van der Waals surface area (Å²) in [4.78, 5) is 4.18. The van der Waals surface area contributed by atoms with Gasteiger partial charge in [-0.05, 0) is 48.1 Å². The lowest BCUT2D eigenvalue weighted by Crippen LogP contribution is -2.36. The number of benzene rings is 3. The summed E-state index contributed by atoms with van der Waals surface area (Å²) in [5.41, 5.74) is 2.15. The summed E-state index contributed by atoms with van der Waals surface area (Å²) in [7, 11) is 15.7. The van der Waals surface area contributed by atoms with Crippen molar-refractivity contribution in [3.8, 4) is 0 Å². The lowest BCUT2D eigenvalue weighted by Gasteiger charge is -2.21. The summed E-state index contributed by atoms with van der Waals surface area (Å²) in [6.45, 7) is 0. The lowest BCUT2D eigenvalue weighted by atomic mass is 10.3. The number of nitrogens with one attached hydrogen (secondary N) is 2. The molecule has 2 N–H and O–H groups in total. The van der Waals surface area contributed by atoms with Crippen LogP contribution in [0.25, 0.3) is 0 Å². The molecule has 0 aliphatic carbocycles. The average molecular weight is 491 g/mol. The zero-order chi connectivity index (χ0) is 25.5. The topological polar surface area (TPSA) is 36.6 Å². The highest BCUT2D eigenvalue weighted by Crippen LogP contribution is 2.34. The van der Waals surface area contributed by atoms with Crippen molar-refractivity contribution in [2.45, 2.75) is 0 Å². The first kappa shape index (κ1) is 26.2. The second kappa shape index (κ2) is 11.9. The number of rotatable bonds is 5. The van der Waals surface area contributed by atoms with Crippen molar-refractivity contribution in [1.29, 1.82) is 0 Å². The van der Waals surface area contributed by atoms with E-state index in [1.807, 2.05) is 56.4 Å². The third-order valence-electron chi connectivity index (χ3n) is 5.43. The third-order valence-corrected chi connectivity index (χ3v) is 7.83. The van der Waals surface area contributed by atoms with Crippen molar-refractivity contribution >= 4 is 47.1 Å². The van der Waals surface area contributed by atoms with Crippen molar-refractivity contribution in [2.24, 2.45) is 0 Å². The van der Waals surface area contributed by atoms with Crippen molar-refractivity contribution in [2.75, 3.05) is 67.0 Å². The molecule has 0 bridgehead atoms. The Labute approximate surface area is 212 Å². The Morgan fingerprint density at radius 2 is 0.971 bits per heavy atom. The van der Waals surface area contributed by atoms with E-state index >= 15 is 0 Å². The molecule has 0 unspecified atom stereocenters. The Balaban J connectivity index is 2.06. The molecular formula is C28H39N6P+2. The van der Waals surface area contributed by atoms with Crippen LogP contribution in [0, 0.1) is 0 Å². The fraction of sp³-hybridized carbons (Fsp3) is 0.286. The summed E-state index contributed by atoms with van der Waals surface area (Å²) in [5, 5.41) is 11.1. The average Bonchev–Trinajstić information content (AvgIpc) is 2.82. The van der Waals surface area contributed by atoms with E-state index in [1.165, 1.54) is 15.9 Å². The molecule has 0 heterocycles. The second-order valence-corrected chi connectivity index (χ2v) is 11.5. The van der Waals surface area contributed by atoms with E-state index in [0.29, 0.717) is 0 Å². The molecule has 0 saturated carbocycles. The Bertz CT molecular complexity index is 1120. The Kier molecular flexibility index (Phi) is 8.89. The fourth-order valence-corrected chi connectivity index (χ4v) is 6.35. The van der Waals surface area contributed by atoms with Crippen molar-refractivity contribution in [3.63, 3.8) is 0 Å². The van der Waals surface area contributed by atoms with Gasteiger partial charge >= 0.3 is 11.9 Å². The van der Waals surface area contributed by atoms with E-state index in [9.17, 15) is 0 Å². The van der Waals surface area contributed by atoms with Crippen LogP contribution < -0.4 is 26.5 Å². The Hall–Kier alpha value is -3.37. The predicted octanol–water partition coefficient (Wildman–Crippen LogP) is 2.65. The molecule has 6 nitrogen and oxygen atoms in total. The van der Waals surface area contributed by atoms with E-state index in [2.05, 4.69) is 108 Å². The first-order chi connectivity index (χ1) is 16.7. The molecule has 35 heavy (non-hydrogen) atoms. The molecule has 0 atom stereocenters. The molecule has 0 amide bonds. The largest absolute Gasteiger partial charge is 0.352 e. The van der Waals surface area contributed by atoms with Gasteiger partial charge in [-0.15, -0.1) is 0 Å². The van der Waals surface area contributed by atoms with Crippen LogP contribution in [-0.2, 0) is 0 Å². The van der Waals surface area contributed by atoms with Gasteiger partial charge in [0, 0.05) is 0 Å². The summed E-state index contributed by atoms with van der Waals surface area (Å²) in [6, 6.07) is 28.4. The highest BCUT2D eigenvalue weighted by Gasteiger charge is 2.20. The van der Waals surface area contributed by atoms with E-state index in [1.54, 1.807) is 0 Å². The Morgan fingerprint density at radius 1 is 0.571 bits per heavy atom.